The van der Waals surface area contributed by atoms with Crippen molar-refractivity contribution in [2.45, 2.75) is 36.7 Å². The van der Waals surface area contributed by atoms with Crippen molar-refractivity contribution in [1.29, 1.82) is 0 Å². The topological polar surface area (TPSA) is 69.4 Å². The Morgan fingerprint density at radius 1 is 1.44 bits per heavy atom. The minimum Gasteiger partial charge on any atom is -0.391 e. The van der Waals surface area contributed by atoms with Crippen molar-refractivity contribution in [3.05, 3.63) is 55.1 Å². The Balaban J connectivity index is 2.33. The lowest BCUT2D eigenvalue weighted by molar-refractivity contribution is 0.168. The number of oxime groups is 1. The summed E-state index contributed by atoms with van der Waals surface area (Å²) in [6, 6.07) is 6.73. The molecule has 0 fully saturated rings. The number of alkyl halides is 1. The smallest absolute Gasteiger partial charge is 0.239 e. The molecule has 2 atom stereocenters. The van der Waals surface area contributed by atoms with Crippen LogP contribution in [0.2, 0.25) is 0 Å². The first-order valence-electron chi connectivity index (χ1n) is 7.66. The third-order valence-corrected chi connectivity index (χ3v) is 4.98. The van der Waals surface area contributed by atoms with E-state index in [1.165, 1.54) is 18.7 Å². The van der Waals surface area contributed by atoms with Crippen molar-refractivity contribution >= 4 is 16.5 Å². The van der Waals surface area contributed by atoms with Gasteiger partial charge in [-0.1, -0.05) is 29.9 Å². The molecule has 0 saturated heterocycles. The highest BCUT2D eigenvalue weighted by Gasteiger charge is 2.23. The largest absolute Gasteiger partial charge is 0.391 e. The van der Waals surface area contributed by atoms with Crippen LogP contribution in [-0.4, -0.2) is 36.0 Å². The third-order valence-electron chi connectivity index (χ3n) is 3.17. The molecule has 0 saturated carbocycles. The van der Waals surface area contributed by atoms with Gasteiger partial charge in [0.25, 0.3) is 0 Å². The molecule has 2 aromatic rings. The van der Waals surface area contributed by atoms with Crippen molar-refractivity contribution in [3.8, 4) is 0 Å². The van der Waals surface area contributed by atoms with E-state index >= 15 is 0 Å². The van der Waals surface area contributed by atoms with Crippen LogP contribution in [0.15, 0.2) is 59.6 Å². The molecule has 0 N–H and O–H groups in total. The minimum absolute atomic E-state index is 0.0421. The van der Waals surface area contributed by atoms with Crippen LogP contribution in [0.4, 0.5) is 4.39 Å². The van der Waals surface area contributed by atoms with E-state index in [1.54, 1.807) is 24.3 Å². The number of rotatable bonds is 7. The molecule has 1 aromatic heterocycles. The van der Waals surface area contributed by atoms with Gasteiger partial charge in [-0.2, -0.15) is 5.10 Å². The first kappa shape index (κ1) is 19.0. The van der Waals surface area contributed by atoms with Crippen LogP contribution < -0.4 is 0 Å². The molecule has 0 aliphatic heterocycles. The van der Waals surface area contributed by atoms with Crippen molar-refractivity contribution in [1.82, 2.24) is 14.8 Å². The molecule has 0 bridgehead atoms. The van der Waals surface area contributed by atoms with Gasteiger partial charge in [0.1, 0.15) is 25.0 Å². The van der Waals surface area contributed by atoms with Crippen LogP contribution >= 0.6 is 0 Å². The van der Waals surface area contributed by atoms with Crippen molar-refractivity contribution in [2.24, 2.45) is 5.16 Å². The fourth-order valence-electron chi connectivity index (χ4n) is 1.96. The summed E-state index contributed by atoms with van der Waals surface area (Å²) in [6.45, 7) is 9.38. The van der Waals surface area contributed by atoms with Crippen molar-refractivity contribution in [3.63, 3.8) is 0 Å². The normalized spacial score (nSPS) is 14.8. The summed E-state index contributed by atoms with van der Waals surface area (Å²) >= 11 is 0. The summed E-state index contributed by atoms with van der Waals surface area (Å²) in [4.78, 5) is 9.46. The van der Waals surface area contributed by atoms with Gasteiger partial charge in [-0.3, -0.25) is 4.21 Å². The molecule has 0 radical (unpaired) electrons. The first-order chi connectivity index (χ1) is 11.8. The molecule has 1 heterocycles. The quantitative estimate of drug-likeness (QED) is 0.327. The first-order valence-corrected chi connectivity index (χ1v) is 8.81. The molecule has 25 heavy (non-hydrogen) atoms. The van der Waals surface area contributed by atoms with E-state index in [0.29, 0.717) is 10.5 Å². The lowest BCUT2D eigenvalue weighted by Gasteiger charge is -2.18. The molecular formula is C17H21FN4O2S. The predicted molar refractivity (Wildman–Crippen MR) is 95.5 cm³/mol. The maximum absolute atomic E-state index is 14.8. The van der Waals surface area contributed by atoms with Crippen LogP contribution in [0.3, 0.4) is 0 Å². The molecule has 8 heteroatoms. The van der Waals surface area contributed by atoms with Crippen LogP contribution in [-0.2, 0) is 15.6 Å². The maximum atomic E-state index is 14.8. The molecule has 0 amide bonds. The predicted octanol–water partition coefficient (Wildman–Crippen LogP) is 3.26. The van der Waals surface area contributed by atoms with Crippen molar-refractivity contribution in [2.75, 3.05) is 6.61 Å². The number of hydrogen-bond acceptors (Lipinski definition) is 5. The minimum atomic E-state index is -1.66. The molecule has 134 valence electrons. The second-order valence-corrected chi connectivity index (χ2v) is 8.41. The van der Waals surface area contributed by atoms with Gasteiger partial charge in [-0.05, 0) is 32.9 Å². The molecule has 1 aromatic carbocycles. The Bertz CT molecular complexity index is 752. The molecule has 6 nitrogen and oxygen atoms in total. The van der Waals surface area contributed by atoms with Gasteiger partial charge >= 0.3 is 0 Å². The van der Waals surface area contributed by atoms with E-state index in [4.69, 9.17) is 4.84 Å². The fraction of sp³-hybridized carbons (Fsp3) is 0.353. The molecule has 0 spiro atoms. The second-order valence-electron chi connectivity index (χ2n) is 6.18. The van der Waals surface area contributed by atoms with Gasteiger partial charge in [-0.25, -0.2) is 14.1 Å². The standard InChI is InChI=1S/C17H21FN4O2S/c1-5-10-24-21-15(16(18)22-12-19-11-20-22)13-6-8-14(9-7-13)25(23)17(2,3)4/h5-9,11-12,16H,1,10H2,2-4H3. The van der Waals surface area contributed by atoms with Crippen LogP contribution in [0.5, 0.6) is 0 Å². The summed E-state index contributed by atoms with van der Waals surface area (Å²) in [5, 5.41) is 7.66. The summed E-state index contributed by atoms with van der Waals surface area (Å²) in [5.74, 6) is 0. The zero-order valence-electron chi connectivity index (χ0n) is 14.4. The van der Waals surface area contributed by atoms with Gasteiger partial charge in [-0.15, -0.1) is 0 Å². The summed E-state index contributed by atoms with van der Waals surface area (Å²) in [6.07, 6.45) is 2.35. The fourth-order valence-corrected chi connectivity index (χ4v) is 3.05. The molecule has 2 rings (SSSR count). The summed E-state index contributed by atoms with van der Waals surface area (Å²) in [7, 11) is -1.17. The zero-order chi connectivity index (χ0) is 18.4. The Morgan fingerprint density at radius 3 is 2.64 bits per heavy atom. The monoisotopic (exact) mass is 364 g/mol. The third kappa shape index (κ3) is 4.82. The number of aromatic nitrogens is 3. The molecule has 2 unspecified atom stereocenters. The zero-order valence-corrected chi connectivity index (χ0v) is 15.2. The molecular weight excluding hydrogens is 343 g/mol. The Hall–Kier alpha value is -2.35. The molecule has 0 aliphatic carbocycles. The number of benzene rings is 1. The second kappa shape index (κ2) is 8.15. The molecule has 0 aliphatic rings. The highest BCUT2D eigenvalue weighted by molar-refractivity contribution is 7.86. The van der Waals surface area contributed by atoms with E-state index in [0.717, 1.165) is 4.68 Å². The van der Waals surface area contributed by atoms with Gasteiger partial charge in [0.2, 0.25) is 6.30 Å². The highest BCUT2D eigenvalue weighted by Crippen LogP contribution is 2.22. The average Bonchev–Trinajstić information content (AvgIpc) is 3.12. The highest BCUT2D eigenvalue weighted by atomic mass is 32.2. The van der Waals surface area contributed by atoms with E-state index < -0.39 is 17.1 Å². The van der Waals surface area contributed by atoms with Gasteiger partial charge < -0.3 is 4.84 Å². The van der Waals surface area contributed by atoms with E-state index in [1.807, 2.05) is 20.8 Å². The summed E-state index contributed by atoms with van der Waals surface area (Å²) in [5.41, 5.74) is 0.544. The average molecular weight is 364 g/mol. The van der Waals surface area contributed by atoms with Gasteiger partial charge in [0, 0.05) is 15.2 Å². The lowest BCUT2D eigenvalue weighted by atomic mass is 10.1. The lowest BCUT2D eigenvalue weighted by Crippen LogP contribution is -2.22. The number of nitrogens with zero attached hydrogens (tertiary/aromatic N) is 4. The van der Waals surface area contributed by atoms with Crippen LogP contribution in [0, 0.1) is 0 Å². The number of halogens is 1. The van der Waals surface area contributed by atoms with Crippen molar-refractivity contribution < 1.29 is 13.4 Å². The Morgan fingerprint density at radius 2 is 2.12 bits per heavy atom. The Labute approximate surface area is 148 Å². The van der Waals surface area contributed by atoms with E-state index in [9.17, 15) is 8.60 Å². The summed E-state index contributed by atoms with van der Waals surface area (Å²) < 4.78 is 27.8. The van der Waals surface area contributed by atoms with E-state index in [2.05, 4.69) is 21.8 Å². The van der Waals surface area contributed by atoms with Crippen LogP contribution in [0.1, 0.15) is 32.6 Å². The van der Waals surface area contributed by atoms with Crippen LogP contribution in [0.25, 0.3) is 0 Å². The maximum Gasteiger partial charge on any atom is 0.239 e. The Kier molecular flexibility index (Phi) is 6.19. The SMILES string of the molecule is C=CCON=C(c1ccc(S(=O)C(C)(C)C)cc1)C(F)n1cncn1. The van der Waals surface area contributed by atoms with Gasteiger partial charge in [0.15, 0.2) is 0 Å². The van der Waals surface area contributed by atoms with E-state index in [-0.39, 0.29) is 17.1 Å². The number of hydrogen-bond donors (Lipinski definition) is 0. The van der Waals surface area contributed by atoms with Gasteiger partial charge in [0.05, 0.1) is 10.8 Å².